The molecular weight excluding hydrogens is 306 g/mol. The molecule has 6 nitrogen and oxygen atoms in total. The first-order valence-corrected chi connectivity index (χ1v) is 7.54. The Labute approximate surface area is 140 Å². The molecule has 124 valence electrons. The Hall–Kier alpha value is -3.07. The van der Waals surface area contributed by atoms with Gasteiger partial charge in [-0.3, -0.25) is 0 Å². The second-order valence-corrected chi connectivity index (χ2v) is 5.74. The number of pyridine rings is 1. The standard InChI is InChI=1S/C18H19N3O3/c1-10(2)16-8-14(15(9-19)17(20)21-16)12-4-6-13(7-5-12)24-11(3)18(22)23/h4-8,10-11H,1-3H3,(H2,20,21)(H,22,23). The Morgan fingerprint density at radius 3 is 2.42 bits per heavy atom. The number of hydrogen-bond acceptors (Lipinski definition) is 5. The Morgan fingerprint density at radius 2 is 1.92 bits per heavy atom. The van der Waals surface area contributed by atoms with Crippen LogP contribution in [-0.2, 0) is 4.79 Å². The molecule has 1 unspecified atom stereocenters. The molecule has 1 atom stereocenters. The van der Waals surface area contributed by atoms with Crippen molar-refractivity contribution in [1.29, 1.82) is 5.26 Å². The molecule has 0 fully saturated rings. The number of nitrogens with two attached hydrogens (primary N) is 1. The smallest absolute Gasteiger partial charge is 0.344 e. The fraction of sp³-hybridized carbons (Fsp3) is 0.278. The monoisotopic (exact) mass is 325 g/mol. The summed E-state index contributed by atoms with van der Waals surface area (Å²) in [5.74, 6) is -0.205. The van der Waals surface area contributed by atoms with E-state index in [4.69, 9.17) is 15.6 Å². The Bertz CT molecular complexity index is 792. The van der Waals surface area contributed by atoms with E-state index in [9.17, 15) is 10.1 Å². The lowest BCUT2D eigenvalue weighted by atomic mass is 9.97. The predicted octanol–water partition coefficient (Wildman–Crippen LogP) is 3.18. The highest BCUT2D eigenvalue weighted by Gasteiger charge is 2.15. The summed E-state index contributed by atoms with van der Waals surface area (Å²) < 4.78 is 5.31. The van der Waals surface area contributed by atoms with Crippen molar-refractivity contribution in [1.82, 2.24) is 4.98 Å². The maximum Gasteiger partial charge on any atom is 0.344 e. The summed E-state index contributed by atoms with van der Waals surface area (Å²) in [5, 5.41) is 18.2. The molecule has 24 heavy (non-hydrogen) atoms. The molecule has 0 aliphatic heterocycles. The second-order valence-electron chi connectivity index (χ2n) is 5.74. The van der Waals surface area contributed by atoms with Crippen molar-refractivity contribution in [3.8, 4) is 22.9 Å². The van der Waals surface area contributed by atoms with Gasteiger partial charge in [-0.05, 0) is 36.6 Å². The van der Waals surface area contributed by atoms with Crippen LogP contribution in [0.1, 0.15) is 37.9 Å². The number of ether oxygens (including phenoxy) is 1. The van der Waals surface area contributed by atoms with Gasteiger partial charge in [0.2, 0.25) is 0 Å². The van der Waals surface area contributed by atoms with Crippen LogP contribution in [0.3, 0.4) is 0 Å². The number of nitrogen functional groups attached to an aromatic ring is 1. The van der Waals surface area contributed by atoms with E-state index in [0.717, 1.165) is 11.3 Å². The van der Waals surface area contributed by atoms with Crippen LogP contribution in [0.25, 0.3) is 11.1 Å². The van der Waals surface area contributed by atoms with Gasteiger partial charge in [0.25, 0.3) is 0 Å². The summed E-state index contributed by atoms with van der Waals surface area (Å²) in [6, 6.07) is 10.8. The van der Waals surface area contributed by atoms with E-state index < -0.39 is 12.1 Å². The average molecular weight is 325 g/mol. The molecule has 0 aliphatic carbocycles. The fourth-order valence-electron chi connectivity index (χ4n) is 2.19. The number of anilines is 1. The van der Waals surface area contributed by atoms with Crippen LogP contribution in [0.4, 0.5) is 5.82 Å². The Morgan fingerprint density at radius 1 is 1.29 bits per heavy atom. The molecule has 2 aromatic rings. The third-order valence-corrected chi connectivity index (χ3v) is 3.60. The van der Waals surface area contributed by atoms with Gasteiger partial charge in [-0.25, -0.2) is 9.78 Å². The highest BCUT2D eigenvalue weighted by molar-refractivity contribution is 5.76. The number of carboxylic acids is 1. The van der Waals surface area contributed by atoms with Gasteiger partial charge in [0.05, 0.1) is 0 Å². The molecule has 1 aromatic heterocycles. The van der Waals surface area contributed by atoms with Crippen molar-refractivity contribution in [3.63, 3.8) is 0 Å². The minimum Gasteiger partial charge on any atom is -0.479 e. The third-order valence-electron chi connectivity index (χ3n) is 3.60. The summed E-state index contributed by atoms with van der Waals surface area (Å²) in [6.45, 7) is 5.46. The van der Waals surface area contributed by atoms with Gasteiger partial charge in [-0.15, -0.1) is 0 Å². The van der Waals surface area contributed by atoms with Crippen LogP contribution < -0.4 is 10.5 Å². The van der Waals surface area contributed by atoms with Crippen LogP contribution >= 0.6 is 0 Å². The second kappa shape index (κ2) is 7.01. The van der Waals surface area contributed by atoms with Gasteiger partial charge in [0.15, 0.2) is 6.10 Å². The number of rotatable bonds is 5. The zero-order chi connectivity index (χ0) is 17.9. The largest absolute Gasteiger partial charge is 0.479 e. The molecule has 3 N–H and O–H groups in total. The maximum atomic E-state index is 10.8. The molecule has 6 heteroatoms. The van der Waals surface area contributed by atoms with Crippen LogP contribution in [0, 0.1) is 11.3 Å². The lowest BCUT2D eigenvalue weighted by molar-refractivity contribution is -0.144. The van der Waals surface area contributed by atoms with Crippen LogP contribution in [0.15, 0.2) is 30.3 Å². The fourth-order valence-corrected chi connectivity index (χ4v) is 2.19. The number of benzene rings is 1. The first-order valence-electron chi connectivity index (χ1n) is 7.54. The highest BCUT2D eigenvalue weighted by atomic mass is 16.5. The van der Waals surface area contributed by atoms with E-state index in [1.54, 1.807) is 24.3 Å². The first-order chi connectivity index (χ1) is 11.3. The molecule has 0 amide bonds. The van der Waals surface area contributed by atoms with Crippen LogP contribution in [0.2, 0.25) is 0 Å². The number of hydrogen-bond donors (Lipinski definition) is 2. The SMILES string of the molecule is CC(Oc1ccc(-c2cc(C(C)C)nc(N)c2C#N)cc1)C(=O)O. The van der Waals surface area contributed by atoms with E-state index in [1.807, 2.05) is 19.9 Å². The van der Waals surface area contributed by atoms with Gasteiger partial charge < -0.3 is 15.6 Å². The van der Waals surface area contributed by atoms with Crippen molar-refractivity contribution < 1.29 is 14.6 Å². The average Bonchev–Trinajstić information content (AvgIpc) is 2.54. The van der Waals surface area contributed by atoms with E-state index in [-0.39, 0.29) is 11.7 Å². The van der Waals surface area contributed by atoms with Crippen molar-refractivity contribution >= 4 is 11.8 Å². The summed E-state index contributed by atoms with van der Waals surface area (Å²) in [5.41, 5.74) is 8.54. The van der Waals surface area contributed by atoms with Crippen molar-refractivity contribution in [3.05, 3.63) is 41.6 Å². The van der Waals surface area contributed by atoms with E-state index in [2.05, 4.69) is 11.1 Å². The lowest BCUT2D eigenvalue weighted by Crippen LogP contribution is -2.22. The molecular formula is C18H19N3O3. The number of aliphatic carboxylic acids is 1. The molecule has 2 rings (SSSR count). The minimum atomic E-state index is -1.03. The van der Waals surface area contributed by atoms with Crippen molar-refractivity contribution in [2.75, 3.05) is 5.73 Å². The molecule has 0 bridgehead atoms. The van der Waals surface area contributed by atoms with E-state index in [0.29, 0.717) is 16.9 Å². The molecule has 1 aromatic carbocycles. The lowest BCUT2D eigenvalue weighted by Gasteiger charge is -2.13. The molecule has 1 heterocycles. The maximum absolute atomic E-state index is 10.8. The highest BCUT2D eigenvalue weighted by Crippen LogP contribution is 2.30. The number of aromatic nitrogens is 1. The zero-order valence-electron chi connectivity index (χ0n) is 13.8. The Balaban J connectivity index is 2.41. The van der Waals surface area contributed by atoms with E-state index in [1.165, 1.54) is 6.92 Å². The van der Waals surface area contributed by atoms with Gasteiger partial charge in [-0.1, -0.05) is 26.0 Å². The van der Waals surface area contributed by atoms with Crippen molar-refractivity contribution in [2.45, 2.75) is 32.8 Å². The van der Waals surface area contributed by atoms with Crippen LogP contribution in [0.5, 0.6) is 5.75 Å². The molecule has 0 aliphatic rings. The molecule has 0 spiro atoms. The normalized spacial score (nSPS) is 11.8. The van der Waals surface area contributed by atoms with Gasteiger partial charge in [0, 0.05) is 11.3 Å². The number of carbonyl (C=O) groups is 1. The van der Waals surface area contributed by atoms with Crippen LogP contribution in [-0.4, -0.2) is 22.2 Å². The van der Waals surface area contributed by atoms with Gasteiger partial charge in [-0.2, -0.15) is 5.26 Å². The number of nitrogens with zero attached hydrogens (tertiary/aromatic N) is 2. The van der Waals surface area contributed by atoms with E-state index >= 15 is 0 Å². The predicted molar refractivity (Wildman–Crippen MR) is 90.6 cm³/mol. The Kier molecular flexibility index (Phi) is 5.05. The van der Waals surface area contributed by atoms with Crippen molar-refractivity contribution in [2.24, 2.45) is 0 Å². The third kappa shape index (κ3) is 3.63. The van der Waals surface area contributed by atoms with Gasteiger partial charge in [0.1, 0.15) is 23.2 Å². The summed E-state index contributed by atoms with van der Waals surface area (Å²) in [7, 11) is 0. The summed E-state index contributed by atoms with van der Waals surface area (Å²) in [4.78, 5) is 15.1. The molecule has 0 saturated heterocycles. The summed E-state index contributed by atoms with van der Waals surface area (Å²) >= 11 is 0. The minimum absolute atomic E-state index is 0.179. The number of carboxylic acid groups (broad SMARTS) is 1. The summed E-state index contributed by atoms with van der Waals surface area (Å²) in [6.07, 6.45) is -0.936. The first kappa shape index (κ1) is 17.3. The molecule has 0 radical (unpaired) electrons. The number of nitriles is 1. The topological polar surface area (TPSA) is 109 Å². The van der Waals surface area contributed by atoms with Gasteiger partial charge >= 0.3 is 5.97 Å². The quantitative estimate of drug-likeness (QED) is 0.873. The molecule has 0 saturated carbocycles. The zero-order valence-corrected chi connectivity index (χ0v) is 13.8.